The first kappa shape index (κ1) is 13.8. The van der Waals surface area contributed by atoms with Crippen molar-refractivity contribution >= 4 is 5.91 Å². The summed E-state index contributed by atoms with van der Waals surface area (Å²) in [5.74, 6) is 0.299. The number of carbonyl (C=O) groups excluding carboxylic acids is 1. The molecule has 2 aliphatic rings. The largest absolute Gasteiger partial charge is 0.340 e. The predicted molar refractivity (Wildman–Crippen MR) is 73.5 cm³/mol. The molecule has 0 aliphatic carbocycles. The Bertz CT molecular complexity index is 284. The first-order valence-electron chi connectivity index (χ1n) is 7.22. The lowest BCUT2D eigenvalue weighted by Gasteiger charge is -2.42. The topological polar surface area (TPSA) is 35.6 Å². The molecule has 4 nitrogen and oxygen atoms in total. The number of nitrogens with zero attached hydrogens (tertiary/aromatic N) is 2. The summed E-state index contributed by atoms with van der Waals surface area (Å²) in [6.45, 7) is 12.2. The Kier molecular flexibility index (Phi) is 4.28. The monoisotopic (exact) mass is 253 g/mol. The smallest absolute Gasteiger partial charge is 0.228 e. The van der Waals surface area contributed by atoms with Crippen molar-refractivity contribution in [3.63, 3.8) is 0 Å². The van der Waals surface area contributed by atoms with E-state index in [0.29, 0.717) is 5.91 Å². The van der Waals surface area contributed by atoms with Gasteiger partial charge in [-0.1, -0.05) is 20.8 Å². The molecule has 0 radical (unpaired) electrons. The van der Waals surface area contributed by atoms with Crippen LogP contribution in [0.3, 0.4) is 0 Å². The van der Waals surface area contributed by atoms with E-state index < -0.39 is 0 Å². The van der Waals surface area contributed by atoms with Crippen LogP contribution in [0.4, 0.5) is 0 Å². The maximum absolute atomic E-state index is 12.2. The summed E-state index contributed by atoms with van der Waals surface area (Å²) >= 11 is 0. The quantitative estimate of drug-likeness (QED) is 0.755. The van der Waals surface area contributed by atoms with Crippen LogP contribution >= 0.6 is 0 Å². The van der Waals surface area contributed by atoms with E-state index in [1.54, 1.807) is 0 Å². The SMILES string of the molecule is CC(C)(C)C(=O)N1CCN(C2CCNCC2)CC1. The molecule has 0 aromatic rings. The number of piperazine rings is 1. The van der Waals surface area contributed by atoms with Crippen LogP contribution in [0.25, 0.3) is 0 Å². The molecule has 2 fully saturated rings. The molecule has 1 amide bonds. The Labute approximate surface area is 111 Å². The summed E-state index contributed by atoms with van der Waals surface area (Å²) in [7, 11) is 0. The molecule has 2 aliphatic heterocycles. The number of piperidine rings is 1. The Morgan fingerprint density at radius 1 is 1.06 bits per heavy atom. The van der Waals surface area contributed by atoms with Gasteiger partial charge in [0.2, 0.25) is 5.91 Å². The van der Waals surface area contributed by atoms with Crippen molar-refractivity contribution in [2.45, 2.75) is 39.7 Å². The summed E-state index contributed by atoms with van der Waals surface area (Å²) in [5.41, 5.74) is -0.239. The number of amides is 1. The molecule has 0 unspecified atom stereocenters. The van der Waals surface area contributed by atoms with Crippen molar-refractivity contribution in [2.24, 2.45) is 5.41 Å². The van der Waals surface area contributed by atoms with Crippen molar-refractivity contribution in [3.8, 4) is 0 Å². The lowest BCUT2D eigenvalue weighted by Crippen LogP contribution is -2.55. The second kappa shape index (κ2) is 5.57. The first-order valence-corrected chi connectivity index (χ1v) is 7.22. The van der Waals surface area contributed by atoms with Crippen LogP contribution in [-0.4, -0.2) is 61.0 Å². The molecule has 1 N–H and O–H groups in total. The normalized spacial score (nSPS) is 24.3. The van der Waals surface area contributed by atoms with Gasteiger partial charge >= 0.3 is 0 Å². The average molecular weight is 253 g/mol. The highest BCUT2D eigenvalue weighted by Gasteiger charge is 2.31. The molecular formula is C14H27N3O. The van der Waals surface area contributed by atoms with Gasteiger partial charge in [0.15, 0.2) is 0 Å². The summed E-state index contributed by atoms with van der Waals surface area (Å²) in [4.78, 5) is 16.8. The highest BCUT2D eigenvalue weighted by molar-refractivity contribution is 5.81. The zero-order chi connectivity index (χ0) is 13.2. The Hall–Kier alpha value is -0.610. The minimum atomic E-state index is -0.239. The van der Waals surface area contributed by atoms with Gasteiger partial charge in [-0.25, -0.2) is 0 Å². The molecule has 0 atom stereocenters. The summed E-state index contributed by atoms with van der Waals surface area (Å²) < 4.78 is 0. The number of hydrogen-bond donors (Lipinski definition) is 1. The van der Waals surface area contributed by atoms with Crippen LogP contribution in [0.5, 0.6) is 0 Å². The second-order valence-electron chi connectivity index (χ2n) is 6.56. The summed E-state index contributed by atoms with van der Waals surface area (Å²) in [6.07, 6.45) is 2.51. The van der Waals surface area contributed by atoms with Crippen LogP contribution in [0.15, 0.2) is 0 Å². The van der Waals surface area contributed by atoms with E-state index in [4.69, 9.17) is 0 Å². The lowest BCUT2D eigenvalue weighted by molar-refractivity contribution is -0.141. The van der Waals surface area contributed by atoms with Crippen molar-refractivity contribution in [1.82, 2.24) is 15.1 Å². The van der Waals surface area contributed by atoms with E-state index in [9.17, 15) is 4.79 Å². The third kappa shape index (κ3) is 3.23. The molecule has 4 heteroatoms. The number of hydrogen-bond acceptors (Lipinski definition) is 3. The van der Waals surface area contributed by atoms with E-state index in [1.807, 2.05) is 25.7 Å². The highest BCUT2D eigenvalue weighted by Crippen LogP contribution is 2.20. The maximum Gasteiger partial charge on any atom is 0.228 e. The maximum atomic E-state index is 12.2. The predicted octanol–water partition coefficient (Wildman–Crippen LogP) is 0.929. The molecule has 0 aromatic heterocycles. The second-order valence-corrected chi connectivity index (χ2v) is 6.56. The van der Waals surface area contributed by atoms with E-state index in [0.717, 1.165) is 45.3 Å². The van der Waals surface area contributed by atoms with Gasteiger partial charge in [-0.15, -0.1) is 0 Å². The minimum Gasteiger partial charge on any atom is -0.340 e. The average Bonchev–Trinajstić information content (AvgIpc) is 2.38. The number of nitrogens with one attached hydrogen (secondary N) is 1. The van der Waals surface area contributed by atoms with Crippen LogP contribution in [0.2, 0.25) is 0 Å². The van der Waals surface area contributed by atoms with Crippen molar-refractivity contribution in [2.75, 3.05) is 39.3 Å². The number of rotatable bonds is 1. The fourth-order valence-corrected chi connectivity index (χ4v) is 2.94. The van der Waals surface area contributed by atoms with Gasteiger partial charge in [-0.3, -0.25) is 9.69 Å². The molecule has 2 saturated heterocycles. The third-order valence-electron chi connectivity index (χ3n) is 4.07. The molecule has 2 heterocycles. The minimum absolute atomic E-state index is 0.239. The van der Waals surface area contributed by atoms with Gasteiger partial charge in [0.05, 0.1) is 0 Å². The van der Waals surface area contributed by atoms with Gasteiger partial charge in [0.1, 0.15) is 0 Å². The summed E-state index contributed by atoms with van der Waals surface area (Å²) in [6, 6.07) is 0.734. The van der Waals surface area contributed by atoms with E-state index in [1.165, 1.54) is 12.8 Å². The van der Waals surface area contributed by atoms with Crippen LogP contribution in [0.1, 0.15) is 33.6 Å². The third-order valence-corrected chi connectivity index (χ3v) is 4.07. The Balaban J connectivity index is 1.82. The lowest BCUT2D eigenvalue weighted by atomic mass is 9.94. The van der Waals surface area contributed by atoms with Gasteiger partial charge in [-0.2, -0.15) is 0 Å². The van der Waals surface area contributed by atoms with Crippen LogP contribution in [-0.2, 0) is 4.79 Å². The van der Waals surface area contributed by atoms with Gasteiger partial charge in [0.25, 0.3) is 0 Å². The molecule has 0 saturated carbocycles. The molecule has 2 rings (SSSR count). The summed E-state index contributed by atoms with van der Waals surface area (Å²) in [5, 5.41) is 3.41. The molecular weight excluding hydrogens is 226 g/mol. The van der Waals surface area contributed by atoms with Crippen molar-refractivity contribution in [3.05, 3.63) is 0 Å². The van der Waals surface area contributed by atoms with Gasteiger partial charge in [0, 0.05) is 37.6 Å². The zero-order valence-electron chi connectivity index (χ0n) is 12.0. The Morgan fingerprint density at radius 3 is 2.11 bits per heavy atom. The van der Waals surface area contributed by atoms with Gasteiger partial charge < -0.3 is 10.2 Å². The van der Waals surface area contributed by atoms with Crippen LogP contribution < -0.4 is 5.32 Å². The standard InChI is InChI=1S/C14H27N3O/c1-14(2,3)13(18)17-10-8-16(9-11-17)12-4-6-15-7-5-12/h12,15H,4-11H2,1-3H3. The van der Waals surface area contributed by atoms with Gasteiger partial charge in [-0.05, 0) is 25.9 Å². The fraction of sp³-hybridized carbons (Fsp3) is 0.929. The molecule has 104 valence electrons. The Morgan fingerprint density at radius 2 is 1.61 bits per heavy atom. The van der Waals surface area contributed by atoms with Crippen molar-refractivity contribution in [1.29, 1.82) is 0 Å². The molecule has 0 bridgehead atoms. The number of carbonyl (C=O) groups is 1. The van der Waals surface area contributed by atoms with E-state index in [-0.39, 0.29) is 5.41 Å². The highest BCUT2D eigenvalue weighted by atomic mass is 16.2. The molecule has 0 aromatic carbocycles. The van der Waals surface area contributed by atoms with E-state index >= 15 is 0 Å². The first-order chi connectivity index (χ1) is 8.48. The van der Waals surface area contributed by atoms with Crippen molar-refractivity contribution < 1.29 is 4.79 Å². The van der Waals surface area contributed by atoms with Crippen LogP contribution in [0, 0.1) is 5.41 Å². The molecule has 0 spiro atoms. The van der Waals surface area contributed by atoms with E-state index in [2.05, 4.69) is 10.2 Å². The zero-order valence-corrected chi connectivity index (χ0v) is 12.0. The molecule has 18 heavy (non-hydrogen) atoms. The fourth-order valence-electron chi connectivity index (χ4n) is 2.94.